The molecule has 0 unspecified atom stereocenters. The number of nitrogens with one attached hydrogen (secondary N) is 1. The number of carbonyl (C=O) groups excluding carboxylic acids is 2. The number of hydrogen-bond acceptors (Lipinski definition) is 5. The number of benzene rings is 1. The zero-order valence-electron chi connectivity index (χ0n) is 14.0. The highest BCUT2D eigenvalue weighted by molar-refractivity contribution is 6.02. The van der Waals surface area contributed by atoms with Gasteiger partial charge in [0.25, 0.3) is 0 Å². The number of rotatable bonds is 4. The van der Waals surface area contributed by atoms with Gasteiger partial charge in [-0.1, -0.05) is 0 Å². The number of aryl methyl sites for hydroxylation is 2. The zero-order chi connectivity index (χ0) is 18.0. The summed E-state index contributed by atoms with van der Waals surface area (Å²) < 4.78 is 5.05. The second-order valence-electron chi connectivity index (χ2n) is 6.22. The zero-order valence-corrected chi connectivity index (χ0v) is 14.0. The predicted octanol–water partition coefficient (Wildman–Crippen LogP) is 2.53. The van der Waals surface area contributed by atoms with Gasteiger partial charge < -0.3 is 15.5 Å². The van der Waals surface area contributed by atoms with E-state index in [0.717, 1.165) is 30.2 Å². The molecule has 1 aliphatic rings. The van der Waals surface area contributed by atoms with Crippen LogP contribution in [-0.4, -0.2) is 23.3 Å². The Morgan fingerprint density at radius 1 is 1.32 bits per heavy atom. The molecule has 128 valence electrons. The molecule has 3 rings (SSSR count). The summed E-state index contributed by atoms with van der Waals surface area (Å²) in [6, 6.07) is 7.06. The van der Waals surface area contributed by atoms with Crippen LogP contribution in [0.5, 0.6) is 0 Å². The molecule has 1 heterocycles. The van der Waals surface area contributed by atoms with Gasteiger partial charge in [0.15, 0.2) is 6.61 Å². The molecular formula is C19H19N3O3. The third-order valence-electron chi connectivity index (χ3n) is 4.45. The number of esters is 1. The van der Waals surface area contributed by atoms with Gasteiger partial charge in [0.05, 0.1) is 5.56 Å². The lowest BCUT2D eigenvalue weighted by atomic mass is 9.95. The number of aromatic amines is 1. The van der Waals surface area contributed by atoms with Gasteiger partial charge in [-0.25, -0.2) is 4.79 Å². The van der Waals surface area contributed by atoms with Crippen molar-refractivity contribution in [3.05, 3.63) is 46.3 Å². The fourth-order valence-electron chi connectivity index (χ4n) is 3.19. The summed E-state index contributed by atoms with van der Waals surface area (Å²) in [4.78, 5) is 27.5. The molecule has 1 aromatic carbocycles. The van der Waals surface area contributed by atoms with Crippen LogP contribution in [0.1, 0.15) is 41.4 Å². The Hall–Kier alpha value is -3.07. The number of nitrogens with two attached hydrogens (primary N) is 1. The van der Waals surface area contributed by atoms with E-state index in [1.54, 1.807) is 18.2 Å². The maximum Gasteiger partial charge on any atom is 0.338 e. The van der Waals surface area contributed by atoms with Crippen molar-refractivity contribution in [3.63, 3.8) is 0 Å². The van der Waals surface area contributed by atoms with Gasteiger partial charge in [0.1, 0.15) is 11.6 Å². The van der Waals surface area contributed by atoms with Crippen LogP contribution < -0.4 is 5.73 Å². The van der Waals surface area contributed by atoms with E-state index in [1.165, 1.54) is 24.6 Å². The van der Waals surface area contributed by atoms with Crippen molar-refractivity contribution in [2.45, 2.75) is 32.6 Å². The molecule has 6 heteroatoms. The number of hydrogen-bond donors (Lipinski definition) is 2. The van der Waals surface area contributed by atoms with Crippen molar-refractivity contribution in [1.29, 1.82) is 5.26 Å². The van der Waals surface area contributed by atoms with Crippen LogP contribution in [0.15, 0.2) is 29.5 Å². The van der Waals surface area contributed by atoms with E-state index < -0.39 is 18.4 Å². The monoisotopic (exact) mass is 337 g/mol. The van der Waals surface area contributed by atoms with Crippen LogP contribution in [0.3, 0.4) is 0 Å². The summed E-state index contributed by atoms with van der Waals surface area (Å²) >= 11 is 0. The predicted molar refractivity (Wildman–Crippen MR) is 92.7 cm³/mol. The van der Waals surface area contributed by atoms with Crippen LogP contribution in [0, 0.1) is 11.3 Å². The third kappa shape index (κ3) is 3.26. The Morgan fingerprint density at radius 3 is 2.80 bits per heavy atom. The van der Waals surface area contributed by atoms with Gasteiger partial charge in [0, 0.05) is 22.3 Å². The summed E-state index contributed by atoms with van der Waals surface area (Å²) in [5.41, 5.74) is 9.31. The topological polar surface area (TPSA) is 109 Å². The molecule has 0 amide bonds. The summed E-state index contributed by atoms with van der Waals surface area (Å²) in [7, 11) is 0. The van der Waals surface area contributed by atoms with Crippen LogP contribution >= 0.6 is 0 Å². The third-order valence-corrected chi connectivity index (χ3v) is 4.45. The smallest absolute Gasteiger partial charge is 0.338 e. The second-order valence-corrected chi connectivity index (χ2v) is 6.22. The number of fused-ring (bicyclic) bond motifs is 3. The van der Waals surface area contributed by atoms with Crippen molar-refractivity contribution in [1.82, 2.24) is 4.98 Å². The van der Waals surface area contributed by atoms with Gasteiger partial charge in [-0.15, -0.1) is 0 Å². The van der Waals surface area contributed by atoms with E-state index in [0.29, 0.717) is 5.56 Å². The molecule has 0 saturated heterocycles. The number of nitriles is 1. The standard InChI is InChI=1S/C19H19N3O3/c1-11(21)15(9-20)18(23)10-25-19(24)12-6-7-17-14(8-12)13-4-2-3-5-16(13)22-17/h6-8,22H,2-5,10,21H2,1H3/b15-11+. The van der Waals surface area contributed by atoms with Crippen molar-refractivity contribution < 1.29 is 14.3 Å². The van der Waals surface area contributed by atoms with E-state index in [2.05, 4.69) is 4.98 Å². The molecule has 3 N–H and O–H groups in total. The van der Waals surface area contributed by atoms with Crippen LogP contribution in [0.25, 0.3) is 10.9 Å². The molecule has 25 heavy (non-hydrogen) atoms. The first-order valence-electron chi connectivity index (χ1n) is 8.21. The number of nitrogens with zero attached hydrogens (tertiary/aromatic N) is 1. The van der Waals surface area contributed by atoms with E-state index in [9.17, 15) is 9.59 Å². The number of ketones is 1. The van der Waals surface area contributed by atoms with E-state index in [-0.39, 0.29) is 11.3 Å². The maximum atomic E-state index is 12.2. The summed E-state index contributed by atoms with van der Waals surface area (Å²) in [6.07, 6.45) is 4.34. The van der Waals surface area contributed by atoms with Crippen LogP contribution in [0.4, 0.5) is 0 Å². The molecule has 0 spiro atoms. The van der Waals surface area contributed by atoms with Crippen LogP contribution in [-0.2, 0) is 22.4 Å². The first-order valence-corrected chi connectivity index (χ1v) is 8.21. The number of aromatic nitrogens is 1. The minimum Gasteiger partial charge on any atom is -0.454 e. The molecule has 0 fully saturated rings. The summed E-state index contributed by atoms with van der Waals surface area (Å²) in [5, 5.41) is 9.94. The molecule has 0 saturated carbocycles. The summed E-state index contributed by atoms with van der Waals surface area (Å²) in [6.45, 7) is 0.959. The number of H-pyrrole nitrogens is 1. The molecular weight excluding hydrogens is 318 g/mol. The Labute approximate surface area is 145 Å². The lowest BCUT2D eigenvalue weighted by Crippen LogP contribution is -2.17. The van der Waals surface area contributed by atoms with Gasteiger partial charge >= 0.3 is 5.97 Å². The fourth-order valence-corrected chi connectivity index (χ4v) is 3.19. The lowest BCUT2D eigenvalue weighted by Gasteiger charge is -2.10. The van der Waals surface area contributed by atoms with Gasteiger partial charge in [-0.2, -0.15) is 5.26 Å². The number of ether oxygens (including phenoxy) is 1. The fraction of sp³-hybridized carbons (Fsp3) is 0.316. The second kappa shape index (κ2) is 6.81. The highest BCUT2D eigenvalue weighted by Crippen LogP contribution is 2.29. The quantitative estimate of drug-likeness (QED) is 0.506. The molecule has 1 aliphatic carbocycles. The van der Waals surface area contributed by atoms with Crippen molar-refractivity contribution in [2.24, 2.45) is 5.73 Å². The summed E-state index contributed by atoms with van der Waals surface area (Å²) in [5.74, 6) is -1.19. The number of allylic oxidation sites excluding steroid dienone is 1. The minimum atomic E-state index is -0.601. The minimum absolute atomic E-state index is 0.115. The van der Waals surface area contributed by atoms with Crippen molar-refractivity contribution in [3.8, 4) is 6.07 Å². The maximum absolute atomic E-state index is 12.2. The molecule has 1 aromatic heterocycles. The number of carbonyl (C=O) groups is 2. The van der Waals surface area contributed by atoms with E-state index >= 15 is 0 Å². The molecule has 2 aromatic rings. The van der Waals surface area contributed by atoms with Crippen molar-refractivity contribution in [2.75, 3.05) is 6.61 Å². The van der Waals surface area contributed by atoms with E-state index in [1.807, 2.05) is 6.07 Å². The highest BCUT2D eigenvalue weighted by Gasteiger charge is 2.19. The molecule has 0 aliphatic heterocycles. The molecule has 0 radical (unpaired) electrons. The highest BCUT2D eigenvalue weighted by atomic mass is 16.5. The average molecular weight is 337 g/mol. The normalized spacial score (nSPS) is 14.4. The molecule has 6 nitrogen and oxygen atoms in total. The van der Waals surface area contributed by atoms with E-state index in [4.69, 9.17) is 15.7 Å². The Morgan fingerprint density at radius 2 is 2.08 bits per heavy atom. The Kier molecular flexibility index (Phi) is 4.57. The Bertz CT molecular complexity index is 927. The Balaban J connectivity index is 1.78. The lowest BCUT2D eigenvalue weighted by molar-refractivity contribution is -0.118. The molecule has 0 atom stereocenters. The first kappa shape index (κ1) is 16.8. The van der Waals surface area contributed by atoms with Crippen LogP contribution in [0.2, 0.25) is 0 Å². The average Bonchev–Trinajstić information content (AvgIpc) is 2.97. The first-order chi connectivity index (χ1) is 12.0. The van der Waals surface area contributed by atoms with Gasteiger partial charge in [-0.3, -0.25) is 4.79 Å². The largest absolute Gasteiger partial charge is 0.454 e. The van der Waals surface area contributed by atoms with Gasteiger partial charge in [-0.05, 0) is 56.4 Å². The SMILES string of the molecule is C/C(N)=C(/C#N)C(=O)COC(=O)c1ccc2[nH]c3c(c2c1)CCCC3. The van der Waals surface area contributed by atoms with Gasteiger partial charge in [0.2, 0.25) is 5.78 Å². The molecule has 0 bridgehead atoms. The number of Topliss-reactive ketones (excluding diaryl/α,β-unsaturated/α-hetero) is 1. The van der Waals surface area contributed by atoms with Crippen molar-refractivity contribution >= 4 is 22.7 Å².